The minimum atomic E-state index is -0.166. The molecular formula is C14H19N3O. The van der Waals surface area contributed by atoms with E-state index in [9.17, 15) is 0 Å². The summed E-state index contributed by atoms with van der Waals surface area (Å²) in [5.74, 6) is 1.51. The van der Waals surface area contributed by atoms with Gasteiger partial charge in [-0.3, -0.25) is 0 Å². The van der Waals surface area contributed by atoms with E-state index >= 15 is 0 Å². The van der Waals surface area contributed by atoms with Crippen molar-refractivity contribution in [3.05, 3.63) is 47.1 Å². The van der Waals surface area contributed by atoms with E-state index in [2.05, 4.69) is 41.3 Å². The predicted octanol–water partition coefficient (Wildman–Crippen LogP) is 2.62. The zero-order chi connectivity index (χ0) is 13.1. The molecule has 2 rings (SSSR count). The van der Waals surface area contributed by atoms with Crippen LogP contribution in [0.15, 0.2) is 28.8 Å². The van der Waals surface area contributed by atoms with Crippen molar-refractivity contribution in [2.45, 2.75) is 33.2 Å². The Hall–Kier alpha value is -1.68. The number of nitrogens with two attached hydrogens (primary N) is 1. The maximum absolute atomic E-state index is 5.98. The lowest BCUT2D eigenvalue weighted by Crippen LogP contribution is -2.18. The Labute approximate surface area is 107 Å². The molecule has 2 aromatic rings. The van der Waals surface area contributed by atoms with Gasteiger partial charge in [0.2, 0.25) is 5.89 Å². The second-order valence-electron chi connectivity index (χ2n) is 4.98. The maximum atomic E-state index is 5.98. The van der Waals surface area contributed by atoms with Gasteiger partial charge in [0.1, 0.15) is 0 Å². The first-order valence-electron chi connectivity index (χ1n) is 6.20. The smallest absolute Gasteiger partial charge is 0.231 e. The van der Waals surface area contributed by atoms with Crippen LogP contribution in [0.3, 0.4) is 0 Å². The van der Waals surface area contributed by atoms with Gasteiger partial charge < -0.3 is 10.3 Å². The molecule has 0 saturated heterocycles. The van der Waals surface area contributed by atoms with E-state index in [-0.39, 0.29) is 6.04 Å². The second-order valence-corrected chi connectivity index (χ2v) is 4.98. The lowest BCUT2D eigenvalue weighted by molar-refractivity contribution is 0.368. The molecule has 0 saturated carbocycles. The molecule has 1 atom stereocenters. The maximum Gasteiger partial charge on any atom is 0.231 e. The number of benzene rings is 1. The van der Waals surface area contributed by atoms with Gasteiger partial charge in [0.05, 0.1) is 12.5 Å². The van der Waals surface area contributed by atoms with Gasteiger partial charge in [0.25, 0.3) is 0 Å². The van der Waals surface area contributed by atoms with E-state index < -0.39 is 0 Å². The molecule has 0 aliphatic rings. The van der Waals surface area contributed by atoms with Crippen LogP contribution >= 0.6 is 0 Å². The molecule has 2 N–H and O–H groups in total. The van der Waals surface area contributed by atoms with Crippen LogP contribution in [0.1, 0.15) is 42.7 Å². The van der Waals surface area contributed by atoms with Crippen molar-refractivity contribution >= 4 is 0 Å². The van der Waals surface area contributed by atoms with Gasteiger partial charge in [-0.2, -0.15) is 4.98 Å². The standard InChI is InChI=1S/C14H19N3O/c1-9(2)13(15)14-16-12(18-17-14)8-11-6-4-10(3)5-7-11/h4-7,9,13H,8,15H2,1-3H3. The fraction of sp³-hybridized carbons (Fsp3) is 0.429. The molecule has 1 aromatic carbocycles. The first-order chi connectivity index (χ1) is 8.56. The van der Waals surface area contributed by atoms with Crippen molar-refractivity contribution in [2.75, 3.05) is 0 Å². The Morgan fingerprint density at radius 2 is 1.89 bits per heavy atom. The molecule has 0 amide bonds. The molecule has 0 bridgehead atoms. The van der Waals surface area contributed by atoms with E-state index in [1.54, 1.807) is 0 Å². The Bertz CT molecular complexity index is 502. The van der Waals surface area contributed by atoms with Crippen LogP contribution in [-0.2, 0) is 6.42 Å². The molecule has 4 nitrogen and oxygen atoms in total. The van der Waals surface area contributed by atoms with Gasteiger partial charge in [-0.05, 0) is 18.4 Å². The number of rotatable bonds is 4. The molecule has 0 fully saturated rings. The fourth-order valence-corrected chi connectivity index (χ4v) is 1.65. The summed E-state index contributed by atoms with van der Waals surface area (Å²) < 4.78 is 5.23. The minimum Gasteiger partial charge on any atom is -0.339 e. The van der Waals surface area contributed by atoms with Crippen molar-refractivity contribution in [3.63, 3.8) is 0 Å². The van der Waals surface area contributed by atoms with Crippen LogP contribution in [0.4, 0.5) is 0 Å². The van der Waals surface area contributed by atoms with Gasteiger partial charge in [0.15, 0.2) is 5.82 Å². The molecular weight excluding hydrogens is 226 g/mol. The van der Waals surface area contributed by atoms with Crippen LogP contribution in [0, 0.1) is 12.8 Å². The van der Waals surface area contributed by atoms with Gasteiger partial charge >= 0.3 is 0 Å². The summed E-state index contributed by atoms with van der Waals surface area (Å²) in [7, 11) is 0. The third kappa shape index (κ3) is 2.96. The lowest BCUT2D eigenvalue weighted by atomic mass is 10.1. The molecule has 4 heteroatoms. The third-order valence-electron chi connectivity index (χ3n) is 2.98. The van der Waals surface area contributed by atoms with Crippen molar-refractivity contribution in [1.82, 2.24) is 10.1 Å². The van der Waals surface area contributed by atoms with Crippen molar-refractivity contribution in [2.24, 2.45) is 11.7 Å². The zero-order valence-electron chi connectivity index (χ0n) is 11.1. The van der Waals surface area contributed by atoms with Gasteiger partial charge in [-0.15, -0.1) is 0 Å². The average Bonchev–Trinajstić information content (AvgIpc) is 2.79. The molecule has 0 aliphatic carbocycles. The predicted molar refractivity (Wildman–Crippen MR) is 70.0 cm³/mol. The molecule has 0 aliphatic heterocycles. The summed E-state index contributed by atoms with van der Waals surface area (Å²) in [4.78, 5) is 4.35. The van der Waals surface area contributed by atoms with E-state index in [1.165, 1.54) is 5.56 Å². The Kier molecular flexibility index (Phi) is 3.77. The third-order valence-corrected chi connectivity index (χ3v) is 2.98. The van der Waals surface area contributed by atoms with E-state index in [0.717, 1.165) is 5.56 Å². The topological polar surface area (TPSA) is 64.9 Å². The average molecular weight is 245 g/mol. The highest BCUT2D eigenvalue weighted by Crippen LogP contribution is 2.16. The summed E-state index contributed by atoms with van der Waals surface area (Å²) in [6, 6.07) is 8.13. The molecule has 96 valence electrons. The number of aryl methyl sites for hydroxylation is 1. The summed E-state index contributed by atoms with van der Waals surface area (Å²) in [5, 5.41) is 3.94. The highest BCUT2D eigenvalue weighted by Gasteiger charge is 2.17. The molecule has 18 heavy (non-hydrogen) atoms. The molecule has 1 aromatic heterocycles. The largest absolute Gasteiger partial charge is 0.339 e. The summed E-state index contributed by atoms with van der Waals surface area (Å²) in [6.45, 7) is 6.15. The number of hydrogen-bond acceptors (Lipinski definition) is 4. The normalized spacial score (nSPS) is 12.9. The van der Waals surface area contributed by atoms with Crippen molar-refractivity contribution < 1.29 is 4.52 Å². The van der Waals surface area contributed by atoms with Gasteiger partial charge in [0, 0.05) is 0 Å². The summed E-state index contributed by atoms with van der Waals surface area (Å²) >= 11 is 0. The van der Waals surface area contributed by atoms with Crippen LogP contribution < -0.4 is 5.73 Å². The first-order valence-corrected chi connectivity index (χ1v) is 6.20. The lowest BCUT2D eigenvalue weighted by Gasteiger charge is -2.09. The molecule has 0 spiro atoms. The Morgan fingerprint density at radius 3 is 2.50 bits per heavy atom. The van der Waals surface area contributed by atoms with Gasteiger partial charge in [-0.1, -0.05) is 48.8 Å². The van der Waals surface area contributed by atoms with Crippen molar-refractivity contribution in [1.29, 1.82) is 0 Å². The number of nitrogens with zero attached hydrogens (tertiary/aromatic N) is 2. The molecule has 1 unspecified atom stereocenters. The van der Waals surface area contributed by atoms with Gasteiger partial charge in [-0.25, -0.2) is 0 Å². The summed E-state index contributed by atoms with van der Waals surface area (Å²) in [6.07, 6.45) is 0.651. The Balaban J connectivity index is 2.09. The number of aromatic nitrogens is 2. The highest BCUT2D eigenvalue weighted by atomic mass is 16.5. The monoisotopic (exact) mass is 245 g/mol. The molecule has 0 radical (unpaired) electrons. The fourth-order valence-electron chi connectivity index (χ4n) is 1.65. The SMILES string of the molecule is Cc1ccc(Cc2nc(C(N)C(C)C)no2)cc1. The minimum absolute atomic E-state index is 0.166. The van der Waals surface area contributed by atoms with Crippen LogP contribution in [0.2, 0.25) is 0 Å². The van der Waals surface area contributed by atoms with E-state index in [0.29, 0.717) is 24.1 Å². The van der Waals surface area contributed by atoms with Crippen LogP contribution in [0.5, 0.6) is 0 Å². The zero-order valence-corrected chi connectivity index (χ0v) is 11.1. The van der Waals surface area contributed by atoms with Crippen LogP contribution in [-0.4, -0.2) is 10.1 Å². The molecule has 1 heterocycles. The van der Waals surface area contributed by atoms with Crippen LogP contribution in [0.25, 0.3) is 0 Å². The highest BCUT2D eigenvalue weighted by molar-refractivity contribution is 5.23. The summed E-state index contributed by atoms with van der Waals surface area (Å²) in [5.41, 5.74) is 8.38. The van der Waals surface area contributed by atoms with Crippen molar-refractivity contribution in [3.8, 4) is 0 Å². The quantitative estimate of drug-likeness (QED) is 0.899. The second kappa shape index (κ2) is 5.31. The Morgan fingerprint density at radius 1 is 1.22 bits per heavy atom. The first kappa shape index (κ1) is 12.8. The van der Waals surface area contributed by atoms with E-state index in [4.69, 9.17) is 10.3 Å². The number of hydrogen-bond donors (Lipinski definition) is 1. The van der Waals surface area contributed by atoms with E-state index in [1.807, 2.05) is 13.8 Å².